The van der Waals surface area contributed by atoms with Gasteiger partial charge in [-0.15, -0.1) is 0 Å². The first-order valence-corrected chi connectivity index (χ1v) is 11.2. The molecule has 2 amide bonds. The van der Waals surface area contributed by atoms with Crippen LogP contribution >= 0.6 is 23.2 Å². The van der Waals surface area contributed by atoms with Crippen LogP contribution in [0.15, 0.2) is 65.8 Å². The van der Waals surface area contributed by atoms with Crippen molar-refractivity contribution in [2.24, 2.45) is 5.10 Å². The van der Waals surface area contributed by atoms with Gasteiger partial charge >= 0.3 is 5.97 Å². The van der Waals surface area contributed by atoms with Crippen molar-refractivity contribution in [3.63, 3.8) is 0 Å². The zero-order valence-corrected chi connectivity index (χ0v) is 20.7. The molecule has 3 rings (SSSR count). The van der Waals surface area contributed by atoms with Crippen LogP contribution in [0.1, 0.15) is 26.3 Å². The molecule has 0 radical (unpaired) electrons. The van der Waals surface area contributed by atoms with E-state index >= 15 is 0 Å². The Labute approximate surface area is 216 Å². The highest BCUT2D eigenvalue weighted by Gasteiger charge is 2.13. The maximum Gasteiger partial charge on any atom is 0.343 e. The van der Waals surface area contributed by atoms with Crippen LogP contribution in [0.2, 0.25) is 10.0 Å². The molecule has 0 saturated heterocycles. The lowest BCUT2D eigenvalue weighted by molar-refractivity contribution is -0.120. The number of carbonyl (C=O) groups excluding carboxylic acids is 3. The number of rotatable bonds is 9. The number of nitrogens with zero attached hydrogens (tertiary/aromatic N) is 1. The lowest BCUT2D eigenvalue weighted by Crippen LogP contribution is -2.34. The smallest absolute Gasteiger partial charge is 0.343 e. The summed E-state index contributed by atoms with van der Waals surface area (Å²) >= 11 is 11.7. The molecule has 0 aliphatic heterocycles. The van der Waals surface area contributed by atoms with Gasteiger partial charge in [-0.1, -0.05) is 23.2 Å². The maximum absolute atomic E-state index is 12.4. The van der Waals surface area contributed by atoms with Crippen molar-refractivity contribution in [1.82, 2.24) is 10.7 Å². The van der Waals surface area contributed by atoms with Crippen LogP contribution in [0, 0.1) is 0 Å². The van der Waals surface area contributed by atoms with Gasteiger partial charge in [-0.3, -0.25) is 9.59 Å². The van der Waals surface area contributed by atoms with Crippen LogP contribution in [0.3, 0.4) is 0 Å². The molecule has 11 heteroatoms. The second kappa shape index (κ2) is 12.6. The average molecular weight is 530 g/mol. The number of nitrogens with one attached hydrogen (secondary N) is 2. The number of amides is 2. The van der Waals surface area contributed by atoms with Gasteiger partial charge in [0.05, 0.1) is 42.6 Å². The molecule has 9 nitrogen and oxygen atoms in total. The zero-order valence-electron chi connectivity index (χ0n) is 19.2. The van der Waals surface area contributed by atoms with Gasteiger partial charge in [-0.05, 0) is 66.2 Å². The van der Waals surface area contributed by atoms with Crippen molar-refractivity contribution in [3.8, 4) is 17.2 Å². The number of benzene rings is 3. The molecule has 0 aromatic heterocycles. The van der Waals surface area contributed by atoms with Crippen LogP contribution in [-0.4, -0.2) is 44.8 Å². The van der Waals surface area contributed by atoms with Crippen LogP contribution in [0.5, 0.6) is 17.2 Å². The Morgan fingerprint density at radius 1 is 0.861 bits per heavy atom. The minimum Gasteiger partial charge on any atom is -0.493 e. The van der Waals surface area contributed by atoms with E-state index in [4.69, 9.17) is 37.4 Å². The summed E-state index contributed by atoms with van der Waals surface area (Å²) in [5.74, 6) is -0.340. The van der Waals surface area contributed by atoms with Crippen molar-refractivity contribution >= 4 is 47.2 Å². The highest BCUT2D eigenvalue weighted by atomic mass is 35.5. The third-order valence-electron chi connectivity index (χ3n) is 4.70. The number of esters is 1. The number of hydrogen-bond donors (Lipinski definition) is 2. The van der Waals surface area contributed by atoms with Crippen molar-refractivity contribution in [3.05, 3.63) is 87.4 Å². The summed E-state index contributed by atoms with van der Waals surface area (Å²) in [6, 6.07) is 15.6. The minimum atomic E-state index is -0.562. The van der Waals surface area contributed by atoms with E-state index in [1.165, 1.54) is 44.7 Å². The maximum atomic E-state index is 12.4. The summed E-state index contributed by atoms with van der Waals surface area (Å²) in [4.78, 5) is 36.4. The highest BCUT2D eigenvalue weighted by molar-refractivity contribution is 6.42. The molecular formula is C25H21Cl2N3O6. The normalized spacial score (nSPS) is 10.6. The van der Waals surface area contributed by atoms with Crippen molar-refractivity contribution in [2.45, 2.75) is 0 Å². The van der Waals surface area contributed by atoms with Gasteiger partial charge < -0.3 is 19.5 Å². The fourth-order valence-electron chi connectivity index (χ4n) is 2.87. The molecule has 0 aliphatic carbocycles. The first kappa shape index (κ1) is 26.5. The Balaban J connectivity index is 1.48. The van der Waals surface area contributed by atoms with Crippen molar-refractivity contribution in [1.29, 1.82) is 0 Å². The Morgan fingerprint density at radius 3 is 2.22 bits per heavy atom. The van der Waals surface area contributed by atoms with E-state index in [9.17, 15) is 14.4 Å². The third kappa shape index (κ3) is 7.21. The Kier molecular flexibility index (Phi) is 9.26. The molecular weight excluding hydrogens is 509 g/mol. The van der Waals surface area contributed by atoms with E-state index in [-0.39, 0.29) is 17.1 Å². The molecule has 0 unspecified atom stereocenters. The fraction of sp³-hybridized carbons (Fsp3) is 0.120. The van der Waals surface area contributed by atoms with Gasteiger partial charge in [0.2, 0.25) is 0 Å². The first-order chi connectivity index (χ1) is 17.3. The van der Waals surface area contributed by atoms with Crippen LogP contribution < -0.4 is 25.0 Å². The number of hydrogen-bond acceptors (Lipinski definition) is 7. The van der Waals surface area contributed by atoms with Gasteiger partial charge in [0.1, 0.15) is 5.75 Å². The van der Waals surface area contributed by atoms with Crippen molar-refractivity contribution < 1.29 is 28.6 Å². The molecule has 0 saturated carbocycles. The SMILES string of the molecule is COc1ccc(C(=O)Oc2ccc(/C=N/NC(=O)CNC(=O)c3ccc(Cl)c(Cl)c3)cc2)cc1OC. The molecule has 2 N–H and O–H groups in total. The molecule has 0 bridgehead atoms. The largest absolute Gasteiger partial charge is 0.493 e. The standard InChI is InChI=1S/C25H21Cl2N3O6/c1-34-21-10-6-17(12-22(21)35-2)25(33)36-18-7-3-15(4-8-18)13-29-30-23(31)14-28-24(32)16-5-9-19(26)20(27)11-16/h3-13H,14H2,1-2H3,(H,28,32)(H,30,31)/b29-13+. The number of carbonyl (C=O) groups is 3. The molecule has 186 valence electrons. The average Bonchev–Trinajstić information content (AvgIpc) is 2.89. The molecule has 0 heterocycles. The van der Waals surface area contributed by atoms with E-state index in [1.54, 1.807) is 36.4 Å². The van der Waals surface area contributed by atoms with E-state index in [2.05, 4.69) is 15.8 Å². The molecule has 0 atom stereocenters. The molecule has 36 heavy (non-hydrogen) atoms. The van der Waals surface area contributed by atoms with Crippen LogP contribution in [-0.2, 0) is 4.79 Å². The minimum absolute atomic E-state index is 0.236. The van der Waals surface area contributed by atoms with Gasteiger partial charge in [0.15, 0.2) is 11.5 Å². The van der Waals surface area contributed by atoms with Gasteiger partial charge in [0.25, 0.3) is 11.8 Å². The Bertz CT molecular complexity index is 1300. The predicted molar refractivity (Wildman–Crippen MR) is 135 cm³/mol. The second-order valence-electron chi connectivity index (χ2n) is 7.13. The van der Waals surface area contributed by atoms with Crippen molar-refractivity contribution in [2.75, 3.05) is 20.8 Å². The highest BCUT2D eigenvalue weighted by Crippen LogP contribution is 2.28. The fourth-order valence-corrected chi connectivity index (χ4v) is 3.17. The van der Waals surface area contributed by atoms with E-state index in [1.807, 2.05) is 0 Å². The van der Waals surface area contributed by atoms with E-state index in [0.717, 1.165) is 0 Å². The summed E-state index contributed by atoms with van der Waals surface area (Å²) in [7, 11) is 2.98. The lowest BCUT2D eigenvalue weighted by Gasteiger charge is -2.09. The van der Waals surface area contributed by atoms with E-state index in [0.29, 0.717) is 33.4 Å². The van der Waals surface area contributed by atoms with Gasteiger partial charge in [-0.25, -0.2) is 10.2 Å². The number of hydrazone groups is 1. The first-order valence-electron chi connectivity index (χ1n) is 10.4. The van der Waals surface area contributed by atoms with Crippen LogP contribution in [0.25, 0.3) is 0 Å². The Morgan fingerprint density at radius 2 is 1.56 bits per heavy atom. The van der Waals surface area contributed by atoms with E-state index < -0.39 is 17.8 Å². The topological polar surface area (TPSA) is 115 Å². The molecule has 0 spiro atoms. The summed E-state index contributed by atoms with van der Waals surface area (Å²) in [5, 5.41) is 6.86. The molecule has 0 fully saturated rings. The summed E-state index contributed by atoms with van der Waals surface area (Å²) in [6.45, 7) is -0.290. The van der Waals surface area contributed by atoms with Gasteiger partial charge in [-0.2, -0.15) is 5.10 Å². The third-order valence-corrected chi connectivity index (χ3v) is 5.44. The second-order valence-corrected chi connectivity index (χ2v) is 7.95. The Hall–Kier alpha value is -4.08. The monoisotopic (exact) mass is 529 g/mol. The summed E-state index contributed by atoms with van der Waals surface area (Å²) in [6.07, 6.45) is 1.40. The number of halogens is 2. The predicted octanol–water partition coefficient (Wildman–Crippen LogP) is 4.11. The van der Waals surface area contributed by atoms with Crippen LogP contribution in [0.4, 0.5) is 0 Å². The molecule has 3 aromatic carbocycles. The zero-order chi connectivity index (χ0) is 26.1. The van der Waals surface area contributed by atoms with Gasteiger partial charge in [0, 0.05) is 5.56 Å². The quantitative estimate of drug-likeness (QED) is 0.186. The summed E-state index contributed by atoms with van der Waals surface area (Å²) in [5.41, 5.74) is 3.52. The molecule has 3 aromatic rings. The number of ether oxygens (including phenoxy) is 3. The summed E-state index contributed by atoms with van der Waals surface area (Å²) < 4.78 is 15.7. The lowest BCUT2D eigenvalue weighted by atomic mass is 10.2. The number of methoxy groups -OCH3 is 2. The molecule has 0 aliphatic rings.